The van der Waals surface area contributed by atoms with Crippen molar-refractivity contribution in [2.24, 2.45) is 5.92 Å². The van der Waals surface area contributed by atoms with Gasteiger partial charge in [-0.05, 0) is 56.7 Å². The third-order valence-electron chi connectivity index (χ3n) is 5.22. The van der Waals surface area contributed by atoms with Gasteiger partial charge in [0.25, 0.3) is 0 Å². The Balaban J connectivity index is 0.00000144. The van der Waals surface area contributed by atoms with E-state index in [2.05, 4.69) is 10.2 Å². The fourth-order valence-electron chi connectivity index (χ4n) is 4.07. The lowest BCUT2D eigenvalue weighted by atomic mass is 9.92. The zero-order valence-corrected chi connectivity index (χ0v) is 15.8. The van der Waals surface area contributed by atoms with Crippen LogP contribution in [0.15, 0.2) is 18.2 Å². The molecule has 1 aromatic carbocycles. The van der Waals surface area contributed by atoms with Crippen molar-refractivity contribution in [1.82, 2.24) is 4.90 Å². The molecular formula is C18H28Cl2N2O2. The van der Waals surface area contributed by atoms with Gasteiger partial charge < -0.3 is 10.8 Å². The van der Waals surface area contributed by atoms with Gasteiger partial charge in [0.2, 0.25) is 5.91 Å². The number of hydrogen-bond acceptors (Lipinski definition) is 2. The lowest BCUT2D eigenvalue weighted by Gasteiger charge is -2.37. The van der Waals surface area contributed by atoms with Crippen molar-refractivity contribution in [3.05, 3.63) is 28.8 Å². The van der Waals surface area contributed by atoms with E-state index in [-0.39, 0.29) is 23.8 Å². The summed E-state index contributed by atoms with van der Waals surface area (Å²) in [5.41, 5.74) is 1.77. The van der Waals surface area contributed by atoms with Gasteiger partial charge in [-0.25, -0.2) is 0 Å². The van der Waals surface area contributed by atoms with Gasteiger partial charge in [0.1, 0.15) is 0 Å². The standard InChI is InChI=1S/C18H25ClN2O.ClH.H2O/c1-13-5-2-8-15(19)18(13)20-17(22)10-12-21-11-4-7-14-6-3-9-16(14)21;;/h2,5,8,14,16H,3-4,6-7,9-12H2,1H3,(H,20,22);1H;1H2/t14-,16+;;/m1../s1. The van der Waals surface area contributed by atoms with Gasteiger partial charge in [-0.2, -0.15) is 0 Å². The molecule has 0 spiro atoms. The van der Waals surface area contributed by atoms with Crippen molar-refractivity contribution < 1.29 is 10.3 Å². The van der Waals surface area contributed by atoms with Gasteiger partial charge in [0.15, 0.2) is 0 Å². The molecule has 136 valence electrons. The van der Waals surface area contributed by atoms with Crippen molar-refractivity contribution in [3.63, 3.8) is 0 Å². The number of halogens is 2. The number of benzene rings is 1. The maximum absolute atomic E-state index is 12.3. The minimum absolute atomic E-state index is 0. The summed E-state index contributed by atoms with van der Waals surface area (Å²) in [5, 5.41) is 3.59. The molecule has 0 bridgehead atoms. The van der Waals surface area contributed by atoms with Crippen molar-refractivity contribution >= 4 is 35.6 Å². The number of nitrogens with one attached hydrogen (secondary N) is 1. The predicted molar refractivity (Wildman–Crippen MR) is 102 cm³/mol. The van der Waals surface area contributed by atoms with E-state index < -0.39 is 0 Å². The summed E-state index contributed by atoms with van der Waals surface area (Å²) in [6.07, 6.45) is 7.27. The molecule has 0 aromatic heterocycles. The first-order chi connectivity index (χ1) is 10.6. The Kier molecular flexibility index (Phi) is 8.51. The molecule has 1 heterocycles. The highest BCUT2D eigenvalue weighted by molar-refractivity contribution is 6.33. The second-order valence-corrected chi connectivity index (χ2v) is 7.07. The number of para-hydroxylation sites is 1. The van der Waals surface area contributed by atoms with Crippen LogP contribution in [-0.4, -0.2) is 35.4 Å². The summed E-state index contributed by atoms with van der Waals surface area (Å²) in [6.45, 7) is 3.99. The van der Waals surface area contributed by atoms with Gasteiger partial charge in [0.05, 0.1) is 10.7 Å². The van der Waals surface area contributed by atoms with Crippen LogP contribution in [-0.2, 0) is 4.79 Å². The molecule has 1 aliphatic heterocycles. The predicted octanol–water partition coefficient (Wildman–Crippen LogP) is 3.84. The molecule has 1 aliphatic carbocycles. The van der Waals surface area contributed by atoms with Crippen LogP contribution in [0.25, 0.3) is 0 Å². The number of aryl methyl sites for hydroxylation is 1. The van der Waals surface area contributed by atoms with Crippen LogP contribution in [0, 0.1) is 12.8 Å². The van der Waals surface area contributed by atoms with E-state index in [0.29, 0.717) is 11.4 Å². The van der Waals surface area contributed by atoms with Gasteiger partial charge in [0, 0.05) is 19.0 Å². The van der Waals surface area contributed by atoms with E-state index in [1.807, 2.05) is 25.1 Å². The second kappa shape index (κ2) is 9.62. The third-order valence-corrected chi connectivity index (χ3v) is 5.54. The number of rotatable bonds is 4. The fourth-order valence-corrected chi connectivity index (χ4v) is 4.34. The van der Waals surface area contributed by atoms with Crippen LogP contribution in [0.3, 0.4) is 0 Å². The van der Waals surface area contributed by atoms with E-state index in [0.717, 1.165) is 36.3 Å². The number of piperidine rings is 1. The van der Waals surface area contributed by atoms with Crippen molar-refractivity contribution in [1.29, 1.82) is 0 Å². The minimum Gasteiger partial charge on any atom is -0.412 e. The van der Waals surface area contributed by atoms with Gasteiger partial charge in [-0.15, -0.1) is 12.4 Å². The van der Waals surface area contributed by atoms with E-state index in [1.165, 1.54) is 32.1 Å². The quantitative estimate of drug-likeness (QED) is 0.869. The summed E-state index contributed by atoms with van der Waals surface area (Å²) >= 11 is 6.17. The third kappa shape index (κ3) is 4.85. The molecule has 1 amide bonds. The Morgan fingerprint density at radius 1 is 1.29 bits per heavy atom. The molecule has 0 radical (unpaired) electrons. The molecule has 3 N–H and O–H groups in total. The topological polar surface area (TPSA) is 63.8 Å². The molecule has 3 rings (SSSR count). The van der Waals surface area contributed by atoms with Crippen LogP contribution < -0.4 is 5.32 Å². The monoisotopic (exact) mass is 374 g/mol. The first-order valence-corrected chi connectivity index (χ1v) is 8.82. The molecule has 2 aliphatic rings. The molecule has 0 unspecified atom stereocenters. The number of amides is 1. The molecular weight excluding hydrogens is 347 g/mol. The Hall–Kier alpha value is -0.810. The highest BCUT2D eigenvalue weighted by Gasteiger charge is 2.34. The average molecular weight is 375 g/mol. The van der Waals surface area contributed by atoms with Gasteiger partial charge >= 0.3 is 0 Å². The average Bonchev–Trinajstić information content (AvgIpc) is 2.98. The highest BCUT2D eigenvalue weighted by atomic mass is 35.5. The molecule has 1 aromatic rings. The molecule has 1 saturated carbocycles. The Morgan fingerprint density at radius 3 is 2.79 bits per heavy atom. The largest absolute Gasteiger partial charge is 0.412 e. The van der Waals surface area contributed by atoms with Crippen molar-refractivity contribution in [3.8, 4) is 0 Å². The second-order valence-electron chi connectivity index (χ2n) is 6.67. The number of carbonyl (C=O) groups is 1. The maximum atomic E-state index is 12.3. The summed E-state index contributed by atoms with van der Waals surface area (Å²) in [6, 6.07) is 6.41. The molecule has 2 fully saturated rings. The Morgan fingerprint density at radius 2 is 2.04 bits per heavy atom. The number of anilines is 1. The summed E-state index contributed by atoms with van der Waals surface area (Å²) < 4.78 is 0. The van der Waals surface area contributed by atoms with Crippen LogP contribution in [0.2, 0.25) is 5.02 Å². The molecule has 2 atom stereocenters. The lowest BCUT2D eigenvalue weighted by molar-refractivity contribution is -0.116. The molecule has 4 nitrogen and oxygen atoms in total. The van der Waals surface area contributed by atoms with Crippen molar-refractivity contribution in [2.45, 2.75) is 51.5 Å². The smallest absolute Gasteiger partial charge is 0.225 e. The Bertz CT molecular complexity index is 534. The molecule has 1 saturated heterocycles. The van der Waals surface area contributed by atoms with E-state index in [1.54, 1.807) is 0 Å². The highest BCUT2D eigenvalue weighted by Crippen LogP contribution is 2.36. The molecule has 6 heteroatoms. The lowest BCUT2D eigenvalue weighted by Crippen LogP contribution is -2.43. The number of fused-ring (bicyclic) bond motifs is 1. The first kappa shape index (κ1) is 21.2. The zero-order chi connectivity index (χ0) is 15.5. The Labute approximate surface area is 155 Å². The van der Waals surface area contributed by atoms with E-state index in [4.69, 9.17) is 11.6 Å². The normalized spacial score (nSPS) is 22.9. The van der Waals surface area contributed by atoms with E-state index >= 15 is 0 Å². The van der Waals surface area contributed by atoms with Crippen LogP contribution in [0.4, 0.5) is 5.69 Å². The summed E-state index contributed by atoms with van der Waals surface area (Å²) in [4.78, 5) is 14.8. The summed E-state index contributed by atoms with van der Waals surface area (Å²) in [5.74, 6) is 0.943. The number of carbonyl (C=O) groups excluding carboxylic acids is 1. The molecule has 24 heavy (non-hydrogen) atoms. The van der Waals surface area contributed by atoms with Gasteiger partial charge in [-0.1, -0.05) is 30.2 Å². The maximum Gasteiger partial charge on any atom is 0.225 e. The minimum atomic E-state index is 0. The SMILES string of the molecule is Cc1cccc(Cl)c1NC(=O)CCN1CCC[C@H]2CCC[C@@H]21.Cl.O. The number of nitrogens with zero attached hydrogens (tertiary/aromatic N) is 1. The van der Waals surface area contributed by atoms with Gasteiger partial charge in [-0.3, -0.25) is 9.69 Å². The van der Waals surface area contributed by atoms with E-state index in [9.17, 15) is 4.79 Å². The number of likely N-dealkylation sites (tertiary alicyclic amines) is 1. The van der Waals surface area contributed by atoms with Crippen molar-refractivity contribution in [2.75, 3.05) is 18.4 Å². The zero-order valence-electron chi connectivity index (χ0n) is 14.2. The fraction of sp³-hybridized carbons (Fsp3) is 0.611. The first-order valence-electron chi connectivity index (χ1n) is 8.44. The number of hydrogen-bond donors (Lipinski definition) is 1. The van der Waals surface area contributed by atoms with Crippen LogP contribution in [0.5, 0.6) is 0 Å². The van der Waals surface area contributed by atoms with Crippen LogP contribution in [0.1, 0.15) is 44.1 Å². The summed E-state index contributed by atoms with van der Waals surface area (Å²) in [7, 11) is 0. The van der Waals surface area contributed by atoms with Crippen LogP contribution >= 0.6 is 24.0 Å².